The molecule has 0 radical (unpaired) electrons. The van der Waals surface area contributed by atoms with Crippen molar-refractivity contribution in [3.63, 3.8) is 0 Å². The van der Waals surface area contributed by atoms with Crippen molar-refractivity contribution in [2.24, 2.45) is 0 Å². The van der Waals surface area contributed by atoms with Crippen LogP contribution < -0.4 is 5.32 Å². The van der Waals surface area contributed by atoms with E-state index in [2.05, 4.69) is 10.1 Å². The van der Waals surface area contributed by atoms with Crippen LogP contribution in [0.2, 0.25) is 0 Å². The first-order valence-electron chi connectivity index (χ1n) is 9.98. The Bertz CT molecular complexity index is 979. The van der Waals surface area contributed by atoms with Gasteiger partial charge in [-0.2, -0.15) is 31.4 Å². The normalized spacial score (nSPS) is 20.2. The van der Waals surface area contributed by atoms with Gasteiger partial charge in [-0.15, -0.1) is 0 Å². The molecule has 2 aromatic heterocycles. The Hall–Kier alpha value is -2.61. The van der Waals surface area contributed by atoms with Gasteiger partial charge in [0, 0.05) is 19.1 Å². The molecule has 33 heavy (non-hydrogen) atoms. The number of rotatable bonds is 8. The molecule has 2 aromatic rings. The molecule has 8 nitrogen and oxygen atoms in total. The average Bonchev–Trinajstić information content (AvgIpc) is 3.27. The number of alkyl halides is 6. The molecular formula is C19H23F6N5O3. The van der Waals surface area contributed by atoms with Crippen LogP contribution in [0.4, 0.5) is 31.1 Å². The molecule has 3 heterocycles. The van der Waals surface area contributed by atoms with Crippen molar-refractivity contribution in [2.45, 2.75) is 56.9 Å². The molecule has 1 aliphatic heterocycles. The van der Waals surface area contributed by atoms with Gasteiger partial charge >= 0.3 is 18.4 Å². The average molecular weight is 483 g/mol. The van der Waals surface area contributed by atoms with Crippen LogP contribution in [-0.2, 0) is 15.9 Å². The van der Waals surface area contributed by atoms with Crippen molar-refractivity contribution < 1.29 is 40.6 Å². The minimum atomic E-state index is -4.59. The number of fused-ring (bicyclic) bond motifs is 1. The van der Waals surface area contributed by atoms with Crippen LogP contribution in [0.15, 0.2) is 18.5 Å². The number of methoxy groups -OCH3 is 1. The van der Waals surface area contributed by atoms with E-state index in [9.17, 15) is 31.1 Å². The van der Waals surface area contributed by atoms with Gasteiger partial charge in [0.2, 0.25) is 0 Å². The summed E-state index contributed by atoms with van der Waals surface area (Å²) in [7, 11) is 1.35. The lowest BCUT2D eigenvalue weighted by Crippen LogP contribution is -2.40. The van der Waals surface area contributed by atoms with Gasteiger partial charge < -0.3 is 19.7 Å². The molecule has 0 aliphatic carbocycles. The van der Waals surface area contributed by atoms with Crippen molar-refractivity contribution in [3.05, 3.63) is 29.7 Å². The largest absolute Gasteiger partial charge is 0.414 e. The molecule has 3 rings (SSSR count). The van der Waals surface area contributed by atoms with E-state index in [4.69, 9.17) is 9.47 Å². The molecule has 0 unspecified atom stereocenters. The van der Waals surface area contributed by atoms with E-state index in [1.807, 2.05) is 5.32 Å². The van der Waals surface area contributed by atoms with Crippen molar-refractivity contribution in [1.29, 1.82) is 0 Å². The molecule has 1 aliphatic rings. The molecule has 0 spiro atoms. The van der Waals surface area contributed by atoms with Crippen LogP contribution in [0, 0.1) is 0 Å². The molecule has 0 aromatic carbocycles. The zero-order valence-corrected chi connectivity index (χ0v) is 17.9. The predicted molar refractivity (Wildman–Crippen MR) is 102 cm³/mol. The van der Waals surface area contributed by atoms with Gasteiger partial charge in [0.15, 0.2) is 11.8 Å². The van der Waals surface area contributed by atoms with E-state index < -0.39 is 49.2 Å². The summed E-state index contributed by atoms with van der Waals surface area (Å²) in [6.45, 7) is 1.74. The van der Waals surface area contributed by atoms with Crippen LogP contribution in [0.1, 0.15) is 31.1 Å². The zero-order valence-electron chi connectivity index (χ0n) is 17.9. The van der Waals surface area contributed by atoms with Gasteiger partial charge in [0.05, 0.1) is 43.4 Å². The van der Waals surface area contributed by atoms with E-state index in [1.54, 1.807) is 0 Å². The number of hydrogen-bond acceptors (Lipinski definition) is 5. The first kappa shape index (κ1) is 25.0. The van der Waals surface area contributed by atoms with Crippen LogP contribution in [0.3, 0.4) is 0 Å². The summed E-state index contributed by atoms with van der Waals surface area (Å²) in [6.07, 6.45) is -8.80. The number of nitrogens with one attached hydrogen (secondary N) is 1. The van der Waals surface area contributed by atoms with Crippen molar-refractivity contribution in [1.82, 2.24) is 24.8 Å². The zero-order chi connectivity index (χ0) is 24.6. The smallest absolute Gasteiger partial charge is 0.382 e. The summed E-state index contributed by atoms with van der Waals surface area (Å²) >= 11 is 0. The highest BCUT2D eigenvalue weighted by molar-refractivity contribution is 5.77. The van der Waals surface area contributed by atoms with Crippen molar-refractivity contribution >= 4 is 11.7 Å². The fourth-order valence-electron chi connectivity index (χ4n) is 3.52. The Morgan fingerprint density at radius 1 is 1.24 bits per heavy atom. The number of carbonyl (C=O) groups excluding carboxylic acids is 1. The minimum absolute atomic E-state index is 0.0797. The molecule has 0 bridgehead atoms. The van der Waals surface area contributed by atoms with Crippen LogP contribution in [-0.4, -0.2) is 76.4 Å². The fourth-order valence-corrected chi connectivity index (χ4v) is 3.52. The monoisotopic (exact) mass is 483 g/mol. The second kappa shape index (κ2) is 9.33. The fraction of sp³-hybridized carbons (Fsp3) is 0.632. The second-order valence-electron chi connectivity index (χ2n) is 7.83. The van der Waals surface area contributed by atoms with Gasteiger partial charge in [0.1, 0.15) is 6.04 Å². The van der Waals surface area contributed by atoms with Crippen LogP contribution >= 0.6 is 0 Å². The Morgan fingerprint density at radius 2 is 1.94 bits per heavy atom. The Labute approximate surface area is 184 Å². The molecule has 184 valence electrons. The SMILES string of the molecule is COC[C@H](c1cnn2cc(C[C@@H](C)O[C@H](C)C(F)(F)F)nc2c1)N1C[C@@H](C(F)(F)F)NC1=O. The summed E-state index contributed by atoms with van der Waals surface area (Å²) in [6, 6.07) is -2.19. The highest BCUT2D eigenvalue weighted by Gasteiger charge is 2.48. The van der Waals surface area contributed by atoms with Crippen molar-refractivity contribution in [3.8, 4) is 0 Å². The third-order valence-electron chi connectivity index (χ3n) is 5.20. The number of urea groups is 1. The lowest BCUT2D eigenvalue weighted by molar-refractivity contribution is -0.224. The maximum Gasteiger partial charge on any atom is 0.414 e. The van der Waals surface area contributed by atoms with E-state index in [1.165, 1.54) is 37.0 Å². The van der Waals surface area contributed by atoms with E-state index in [0.29, 0.717) is 16.9 Å². The first-order chi connectivity index (χ1) is 15.3. The van der Waals surface area contributed by atoms with Crippen LogP contribution in [0.25, 0.3) is 5.65 Å². The predicted octanol–water partition coefficient (Wildman–Crippen LogP) is 3.27. The van der Waals surface area contributed by atoms with Gasteiger partial charge in [-0.25, -0.2) is 14.3 Å². The number of carbonyl (C=O) groups is 1. The molecule has 4 atom stereocenters. The maximum atomic E-state index is 13.0. The number of aromatic nitrogens is 3. The maximum absolute atomic E-state index is 13.0. The third kappa shape index (κ3) is 5.85. The number of imidazole rings is 1. The van der Waals surface area contributed by atoms with E-state index in [-0.39, 0.29) is 13.0 Å². The summed E-state index contributed by atoms with van der Waals surface area (Å²) in [5.41, 5.74) is 1.13. The van der Waals surface area contributed by atoms with Gasteiger partial charge in [0.25, 0.3) is 0 Å². The molecule has 1 saturated heterocycles. The summed E-state index contributed by atoms with van der Waals surface area (Å²) in [5.74, 6) is 0. The summed E-state index contributed by atoms with van der Waals surface area (Å²) < 4.78 is 88.7. The standard InChI is InChI=1S/C19H23F6N5O3/c1-10(33-11(2)18(20,21)22)4-13-7-30-16(27-13)5-12(6-26-30)14(9-32-3)29-8-15(19(23,24)25)28-17(29)31/h5-7,10-11,14-15H,4,8-9H2,1-3H3,(H,28,31)/t10-,11-,14-,15+/m1/s1. The summed E-state index contributed by atoms with van der Waals surface area (Å²) in [4.78, 5) is 17.5. The van der Waals surface area contributed by atoms with Gasteiger partial charge in [-0.1, -0.05) is 0 Å². The molecule has 0 saturated carbocycles. The number of ether oxygens (including phenoxy) is 2. The highest BCUT2D eigenvalue weighted by Crippen LogP contribution is 2.30. The lowest BCUT2D eigenvalue weighted by Gasteiger charge is -2.26. The van der Waals surface area contributed by atoms with Gasteiger partial charge in [-0.3, -0.25) is 0 Å². The second-order valence-corrected chi connectivity index (χ2v) is 7.83. The number of hydrogen-bond donors (Lipinski definition) is 1. The number of nitrogens with zero attached hydrogens (tertiary/aromatic N) is 4. The molecule has 1 fully saturated rings. The number of halogens is 6. The van der Waals surface area contributed by atoms with Gasteiger partial charge in [-0.05, 0) is 19.9 Å². The van der Waals surface area contributed by atoms with E-state index in [0.717, 1.165) is 11.8 Å². The molecule has 2 amide bonds. The topological polar surface area (TPSA) is 81.0 Å². The van der Waals surface area contributed by atoms with E-state index >= 15 is 0 Å². The molecule has 14 heteroatoms. The Kier molecular flexibility index (Phi) is 7.07. The quantitative estimate of drug-likeness (QED) is 0.583. The summed E-state index contributed by atoms with van der Waals surface area (Å²) in [5, 5.41) is 6.09. The van der Waals surface area contributed by atoms with Crippen molar-refractivity contribution in [2.75, 3.05) is 20.3 Å². The number of amides is 2. The van der Waals surface area contributed by atoms with Crippen LogP contribution in [0.5, 0.6) is 0 Å². The molecule has 1 N–H and O–H groups in total. The molecular weight excluding hydrogens is 460 g/mol. The lowest BCUT2D eigenvalue weighted by atomic mass is 10.1. The minimum Gasteiger partial charge on any atom is -0.382 e. The Morgan fingerprint density at radius 3 is 2.52 bits per heavy atom. The highest BCUT2D eigenvalue weighted by atomic mass is 19.4. The Balaban J connectivity index is 1.78. The first-order valence-corrected chi connectivity index (χ1v) is 9.98. The third-order valence-corrected chi connectivity index (χ3v) is 5.20.